The van der Waals surface area contributed by atoms with Crippen LogP contribution in [-0.4, -0.2) is 44.7 Å². The van der Waals surface area contributed by atoms with E-state index in [0.717, 1.165) is 24.4 Å². The van der Waals surface area contributed by atoms with Crippen molar-refractivity contribution in [3.05, 3.63) is 65.2 Å². The number of nitrogens with zero attached hydrogens (tertiary/aromatic N) is 1. The molecular formula is C23H30N2O3. The molecule has 2 aromatic carbocycles. The molecule has 0 aliphatic carbocycles. The number of likely N-dealkylation sites (tertiary alicyclic amines) is 1. The maximum atomic E-state index is 12.7. The van der Waals surface area contributed by atoms with E-state index in [1.807, 2.05) is 36.4 Å². The van der Waals surface area contributed by atoms with Crippen LogP contribution < -0.4 is 10.1 Å². The molecule has 0 spiro atoms. The zero-order valence-electron chi connectivity index (χ0n) is 16.8. The highest BCUT2D eigenvalue weighted by molar-refractivity contribution is 5.94. The molecule has 1 atom stereocenters. The second kappa shape index (κ2) is 10.2. The van der Waals surface area contributed by atoms with Crippen LogP contribution in [0, 0.1) is 0 Å². The maximum absolute atomic E-state index is 12.7. The fraction of sp³-hybridized carbons (Fsp3) is 0.435. The van der Waals surface area contributed by atoms with Gasteiger partial charge in [0.05, 0.1) is 19.8 Å². The summed E-state index contributed by atoms with van der Waals surface area (Å²) in [5, 5.41) is 3.14. The average Bonchev–Trinajstić information content (AvgIpc) is 2.75. The molecule has 0 saturated carbocycles. The van der Waals surface area contributed by atoms with Crippen molar-refractivity contribution in [2.24, 2.45) is 0 Å². The van der Waals surface area contributed by atoms with Crippen LogP contribution in [0.4, 0.5) is 0 Å². The first-order chi connectivity index (χ1) is 13.7. The van der Waals surface area contributed by atoms with Gasteiger partial charge in [0.2, 0.25) is 0 Å². The number of carbonyl (C=O) groups is 1. The third-order valence-corrected chi connectivity index (χ3v) is 5.29. The number of ether oxygens (including phenoxy) is 2. The molecule has 1 aliphatic heterocycles. The summed E-state index contributed by atoms with van der Waals surface area (Å²) in [6.45, 7) is 3.22. The molecule has 1 amide bonds. The van der Waals surface area contributed by atoms with Gasteiger partial charge in [-0.05, 0) is 61.3 Å². The van der Waals surface area contributed by atoms with Gasteiger partial charge in [-0.1, -0.05) is 30.7 Å². The third-order valence-electron chi connectivity index (χ3n) is 5.29. The van der Waals surface area contributed by atoms with Crippen molar-refractivity contribution in [1.29, 1.82) is 0 Å². The van der Waals surface area contributed by atoms with Crippen molar-refractivity contribution in [2.75, 3.05) is 33.9 Å². The zero-order valence-corrected chi connectivity index (χ0v) is 16.8. The lowest BCUT2D eigenvalue weighted by Crippen LogP contribution is -2.40. The summed E-state index contributed by atoms with van der Waals surface area (Å²) in [5.41, 5.74) is 2.87. The van der Waals surface area contributed by atoms with Crippen molar-refractivity contribution in [3.8, 4) is 5.75 Å². The summed E-state index contributed by atoms with van der Waals surface area (Å²) in [4.78, 5) is 15.2. The predicted octanol–water partition coefficient (Wildman–Crippen LogP) is 3.80. The highest BCUT2D eigenvalue weighted by Gasteiger charge is 2.23. The molecule has 28 heavy (non-hydrogen) atoms. The molecule has 0 radical (unpaired) electrons. The Morgan fingerprint density at radius 2 is 1.82 bits per heavy atom. The van der Waals surface area contributed by atoms with Crippen LogP contribution in [0.1, 0.15) is 46.8 Å². The van der Waals surface area contributed by atoms with E-state index in [1.165, 1.54) is 24.8 Å². The number of hydrogen-bond acceptors (Lipinski definition) is 4. The molecule has 2 aromatic rings. The largest absolute Gasteiger partial charge is 0.497 e. The van der Waals surface area contributed by atoms with Gasteiger partial charge in [0, 0.05) is 19.2 Å². The monoisotopic (exact) mass is 382 g/mol. The Hall–Kier alpha value is -2.37. The number of hydrogen-bond donors (Lipinski definition) is 1. The highest BCUT2D eigenvalue weighted by Crippen LogP contribution is 2.26. The van der Waals surface area contributed by atoms with Crippen LogP contribution >= 0.6 is 0 Å². The lowest BCUT2D eigenvalue weighted by Gasteiger charge is -2.35. The minimum absolute atomic E-state index is 0.0477. The smallest absolute Gasteiger partial charge is 0.251 e. The molecule has 5 nitrogen and oxygen atoms in total. The maximum Gasteiger partial charge on any atom is 0.251 e. The van der Waals surface area contributed by atoms with Gasteiger partial charge in [0.1, 0.15) is 5.75 Å². The van der Waals surface area contributed by atoms with Gasteiger partial charge in [0.25, 0.3) is 5.91 Å². The lowest BCUT2D eigenvalue weighted by atomic mass is 10.0. The Balaban J connectivity index is 1.71. The Morgan fingerprint density at radius 1 is 1.07 bits per heavy atom. The Morgan fingerprint density at radius 3 is 2.50 bits per heavy atom. The Kier molecular flexibility index (Phi) is 7.46. The number of piperidine rings is 1. The normalized spacial score (nSPS) is 15.8. The summed E-state index contributed by atoms with van der Waals surface area (Å²) in [7, 11) is 3.33. The van der Waals surface area contributed by atoms with Gasteiger partial charge < -0.3 is 14.8 Å². The van der Waals surface area contributed by atoms with E-state index < -0.39 is 0 Å². The predicted molar refractivity (Wildman–Crippen MR) is 111 cm³/mol. The summed E-state index contributed by atoms with van der Waals surface area (Å²) in [6.07, 6.45) is 3.70. The average molecular weight is 383 g/mol. The molecule has 1 N–H and O–H groups in total. The van der Waals surface area contributed by atoms with Crippen LogP contribution in [0.5, 0.6) is 5.75 Å². The van der Waals surface area contributed by atoms with Gasteiger partial charge >= 0.3 is 0 Å². The number of rotatable bonds is 8. The van der Waals surface area contributed by atoms with Crippen LogP contribution in [0.15, 0.2) is 48.5 Å². The summed E-state index contributed by atoms with van der Waals surface area (Å²) in [6, 6.07) is 15.9. The molecule has 1 unspecified atom stereocenters. The third kappa shape index (κ3) is 5.33. The van der Waals surface area contributed by atoms with Crippen LogP contribution in [0.25, 0.3) is 0 Å². The molecule has 1 heterocycles. The minimum atomic E-state index is -0.0477. The quantitative estimate of drug-likeness (QED) is 0.755. The molecule has 1 saturated heterocycles. The fourth-order valence-electron chi connectivity index (χ4n) is 3.77. The van der Waals surface area contributed by atoms with E-state index in [-0.39, 0.29) is 11.9 Å². The van der Waals surface area contributed by atoms with Crippen molar-refractivity contribution in [3.63, 3.8) is 0 Å². The Bertz CT molecular complexity index is 755. The highest BCUT2D eigenvalue weighted by atomic mass is 16.5. The van der Waals surface area contributed by atoms with Crippen molar-refractivity contribution < 1.29 is 14.3 Å². The van der Waals surface area contributed by atoms with Crippen LogP contribution in [0.2, 0.25) is 0 Å². The standard InChI is InChI=1S/C23H30N2O3/c1-27-17-18-7-6-8-20(15-18)23(26)24-16-22(25-13-4-3-5-14-25)19-9-11-21(28-2)12-10-19/h6-12,15,22H,3-5,13-14,16-17H2,1-2H3,(H,24,26). The molecule has 1 aliphatic rings. The van der Waals surface area contributed by atoms with Crippen LogP contribution in [-0.2, 0) is 11.3 Å². The number of benzene rings is 2. The van der Waals surface area contributed by atoms with Gasteiger partial charge in [-0.2, -0.15) is 0 Å². The summed E-state index contributed by atoms with van der Waals surface area (Å²) >= 11 is 0. The van der Waals surface area contributed by atoms with Crippen molar-refractivity contribution in [1.82, 2.24) is 10.2 Å². The van der Waals surface area contributed by atoms with Crippen molar-refractivity contribution in [2.45, 2.75) is 31.9 Å². The molecule has 0 bridgehead atoms. The lowest BCUT2D eigenvalue weighted by molar-refractivity contribution is 0.0924. The first kappa shape index (κ1) is 20.4. The fourth-order valence-corrected chi connectivity index (χ4v) is 3.77. The first-order valence-corrected chi connectivity index (χ1v) is 9.95. The number of nitrogens with one attached hydrogen (secondary N) is 1. The zero-order chi connectivity index (χ0) is 19.8. The first-order valence-electron chi connectivity index (χ1n) is 9.95. The summed E-state index contributed by atoms with van der Waals surface area (Å²) in [5.74, 6) is 0.800. The van der Waals surface area contributed by atoms with E-state index in [1.54, 1.807) is 14.2 Å². The van der Waals surface area contributed by atoms with Gasteiger partial charge in [-0.15, -0.1) is 0 Å². The molecule has 3 rings (SSSR count). The van der Waals surface area contributed by atoms with Gasteiger partial charge in [-0.3, -0.25) is 9.69 Å². The van der Waals surface area contributed by atoms with E-state index in [2.05, 4.69) is 22.3 Å². The topological polar surface area (TPSA) is 50.8 Å². The van der Waals surface area contributed by atoms with E-state index in [0.29, 0.717) is 18.7 Å². The number of methoxy groups -OCH3 is 2. The van der Waals surface area contributed by atoms with Crippen LogP contribution in [0.3, 0.4) is 0 Å². The Labute approximate surface area is 167 Å². The molecule has 5 heteroatoms. The number of carbonyl (C=O) groups excluding carboxylic acids is 1. The summed E-state index contributed by atoms with van der Waals surface area (Å²) < 4.78 is 10.5. The van der Waals surface area contributed by atoms with Gasteiger partial charge in [0.15, 0.2) is 0 Å². The van der Waals surface area contributed by atoms with E-state index in [9.17, 15) is 4.79 Å². The number of amides is 1. The van der Waals surface area contributed by atoms with E-state index >= 15 is 0 Å². The van der Waals surface area contributed by atoms with Crippen molar-refractivity contribution >= 4 is 5.91 Å². The second-order valence-corrected chi connectivity index (χ2v) is 7.23. The molecule has 150 valence electrons. The SMILES string of the molecule is COCc1cccc(C(=O)NCC(c2ccc(OC)cc2)N2CCCCC2)c1. The minimum Gasteiger partial charge on any atom is -0.497 e. The molecule has 0 aromatic heterocycles. The molecule has 1 fully saturated rings. The van der Waals surface area contributed by atoms with Gasteiger partial charge in [-0.25, -0.2) is 0 Å². The molecular weight excluding hydrogens is 352 g/mol. The second-order valence-electron chi connectivity index (χ2n) is 7.23. The van der Waals surface area contributed by atoms with E-state index in [4.69, 9.17) is 9.47 Å².